The number of thiazole rings is 1. The summed E-state index contributed by atoms with van der Waals surface area (Å²) >= 11 is 1.75. The third kappa shape index (κ3) is 4.34. The lowest BCUT2D eigenvalue weighted by atomic mass is 9.93. The molecule has 0 bridgehead atoms. The van der Waals surface area contributed by atoms with E-state index in [1.165, 1.54) is 10.7 Å². The Labute approximate surface area is 116 Å². The predicted molar refractivity (Wildman–Crippen MR) is 80.3 cm³/mol. The quantitative estimate of drug-likeness (QED) is 0.891. The minimum absolute atomic E-state index is 0.150. The van der Waals surface area contributed by atoms with Crippen molar-refractivity contribution in [2.45, 2.75) is 52.1 Å². The molecule has 0 saturated carbocycles. The van der Waals surface area contributed by atoms with Crippen molar-refractivity contribution in [2.24, 2.45) is 0 Å². The van der Waals surface area contributed by atoms with Crippen LogP contribution in [0.15, 0.2) is 5.38 Å². The average molecular weight is 269 g/mol. The maximum atomic E-state index is 4.69. The van der Waals surface area contributed by atoms with Crippen molar-refractivity contribution in [3.8, 4) is 0 Å². The van der Waals surface area contributed by atoms with Crippen LogP contribution in [-0.2, 0) is 12.0 Å². The van der Waals surface area contributed by atoms with Gasteiger partial charge in [-0.1, -0.05) is 20.8 Å². The zero-order valence-electron chi connectivity index (χ0n) is 12.8. The molecule has 0 atom stereocenters. The average Bonchev–Trinajstić information content (AvgIpc) is 2.65. The number of nitrogens with one attached hydrogen (secondary N) is 1. The van der Waals surface area contributed by atoms with E-state index in [0.29, 0.717) is 0 Å². The fourth-order valence-electron chi connectivity index (χ4n) is 1.37. The predicted octanol–water partition coefficient (Wildman–Crippen LogP) is 2.87. The first-order chi connectivity index (χ1) is 8.13. The second kappa shape index (κ2) is 5.68. The van der Waals surface area contributed by atoms with Crippen molar-refractivity contribution in [3.63, 3.8) is 0 Å². The molecule has 0 spiro atoms. The third-order valence-corrected chi connectivity index (χ3v) is 4.21. The van der Waals surface area contributed by atoms with Crippen molar-refractivity contribution in [1.82, 2.24) is 15.2 Å². The van der Waals surface area contributed by atoms with Gasteiger partial charge in [-0.05, 0) is 27.9 Å². The highest BCUT2D eigenvalue weighted by molar-refractivity contribution is 7.09. The van der Waals surface area contributed by atoms with E-state index in [2.05, 4.69) is 69.3 Å². The van der Waals surface area contributed by atoms with Gasteiger partial charge < -0.3 is 10.2 Å². The Bertz CT molecular complexity index is 375. The van der Waals surface area contributed by atoms with Crippen LogP contribution < -0.4 is 5.32 Å². The Hall–Kier alpha value is -0.450. The fourth-order valence-corrected chi connectivity index (χ4v) is 2.36. The van der Waals surface area contributed by atoms with Gasteiger partial charge in [0.25, 0.3) is 0 Å². The number of nitrogens with zero attached hydrogens (tertiary/aromatic N) is 2. The van der Waals surface area contributed by atoms with Crippen LogP contribution in [0.2, 0.25) is 0 Å². The molecule has 18 heavy (non-hydrogen) atoms. The Kier molecular flexibility index (Phi) is 4.92. The Morgan fingerprint density at radius 3 is 2.28 bits per heavy atom. The Balaban J connectivity index is 2.48. The zero-order valence-corrected chi connectivity index (χ0v) is 13.6. The molecule has 104 valence electrons. The minimum Gasteiger partial charge on any atom is -0.309 e. The van der Waals surface area contributed by atoms with Crippen LogP contribution >= 0.6 is 11.3 Å². The maximum Gasteiger partial charge on any atom is 0.107 e. The van der Waals surface area contributed by atoms with Gasteiger partial charge in [-0.3, -0.25) is 0 Å². The van der Waals surface area contributed by atoms with E-state index in [9.17, 15) is 0 Å². The number of aromatic nitrogens is 1. The summed E-state index contributed by atoms with van der Waals surface area (Å²) in [6.07, 6.45) is 0. The first kappa shape index (κ1) is 15.6. The van der Waals surface area contributed by atoms with Gasteiger partial charge in [0.05, 0.1) is 5.69 Å². The van der Waals surface area contributed by atoms with Crippen LogP contribution in [-0.4, -0.2) is 36.1 Å². The molecule has 0 saturated heterocycles. The van der Waals surface area contributed by atoms with E-state index in [1.807, 2.05) is 0 Å². The van der Waals surface area contributed by atoms with E-state index >= 15 is 0 Å². The summed E-state index contributed by atoms with van der Waals surface area (Å²) in [5.74, 6) is 0. The van der Waals surface area contributed by atoms with E-state index in [1.54, 1.807) is 11.3 Å². The van der Waals surface area contributed by atoms with E-state index < -0.39 is 0 Å². The number of likely N-dealkylation sites (N-methyl/N-ethyl adjacent to an activating group) is 1. The molecule has 0 aliphatic carbocycles. The normalized spacial score (nSPS) is 13.3. The maximum absolute atomic E-state index is 4.69. The summed E-state index contributed by atoms with van der Waals surface area (Å²) in [5, 5.41) is 6.84. The van der Waals surface area contributed by atoms with Crippen molar-refractivity contribution < 1.29 is 0 Å². The molecule has 1 rings (SSSR count). The van der Waals surface area contributed by atoms with Crippen LogP contribution in [0.4, 0.5) is 0 Å². The monoisotopic (exact) mass is 269 g/mol. The van der Waals surface area contributed by atoms with Gasteiger partial charge in [0.15, 0.2) is 0 Å². The van der Waals surface area contributed by atoms with Crippen molar-refractivity contribution in [2.75, 3.05) is 20.6 Å². The van der Waals surface area contributed by atoms with Crippen LogP contribution in [0.25, 0.3) is 0 Å². The summed E-state index contributed by atoms with van der Waals surface area (Å²) < 4.78 is 0. The lowest BCUT2D eigenvalue weighted by molar-refractivity contribution is 0.189. The summed E-state index contributed by atoms with van der Waals surface area (Å²) in [6, 6.07) is 0. The molecule has 0 fully saturated rings. The highest BCUT2D eigenvalue weighted by Gasteiger charge is 2.20. The Morgan fingerprint density at radius 2 is 1.83 bits per heavy atom. The largest absolute Gasteiger partial charge is 0.309 e. The molecule has 4 heteroatoms. The third-order valence-electron chi connectivity index (χ3n) is 3.36. The van der Waals surface area contributed by atoms with E-state index in [0.717, 1.165) is 13.1 Å². The smallest absolute Gasteiger partial charge is 0.107 e. The van der Waals surface area contributed by atoms with E-state index in [4.69, 9.17) is 0 Å². The van der Waals surface area contributed by atoms with E-state index in [-0.39, 0.29) is 11.0 Å². The zero-order chi connectivity index (χ0) is 14.0. The second-order valence-electron chi connectivity index (χ2n) is 6.69. The molecule has 0 aliphatic rings. The van der Waals surface area contributed by atoms with Gasteiger partial charge >= 0.3 is 0 Å². The molecule has 1 N–H and O–H groups in total. The van der Waals surface area contributed by atoms with Gasteiger partial charge in [0.2, 0.25) is 0 Å². The van der Waals surface area contributed by atoms with Crippen molar-refractivity contribution in [1.29, 1.82) is 0 Å². The molecule has 0 unspecified atom stereocenters. The molecule has 0 amide bonds. The summed E-state index contributed by atoms with van der Waals surface area (Å²) in [7, 11) is 4.23. The van der Waals surface area contributed by atoms with Crippen LogP contribution in [0.1, 0.15) is 45.3 Å². The molecule has 3 nitrogen and oxygen atoms in total. The number of hydrogen-bond acceptors (Lipinski definition) is 4. The lowest BCUT2D eigenvalue weighted by Crippen LogP contribution is -2.46. The minimum atomic E-state index is 0.150. The molecule has 1 heterocycles. The van der Waals surface area contributed by atoms with Crippen molar-refractivity contribution in [3.05, 3.63) is 16.1 Å². The standard InChI is InChI=1S/C14H27N3S/c1-13(2,3)11-9-18-12(16-11)8-15-10-14(4,5)17(6)7/h9,15H,8,10H2,1-7H3. The molecular formula is C14H27N3S. The van der Waals surface area contributed by atoms with Gasteiger partial charge in [-0.2, -0.15) is 0 Å². The van der Waals surface area contributed by atoms with Gasteiger partial charge in [-0.25, -0.2) is 4.98 Å². The first-order valence-electron chi connectivity index (χ1n) is 6.46. The van der Waals surface area contributed by atoms with Crippen molar-refractivity contribution >= 4 is 11.3 Å². The van der Waals surface area contributed by atoms with Crippen LogP contribution in [0.5, 0.6) is 0 Å². The number of rotatable bonds is 5. The molecule has 0 aromatic carbocycles. The summed E-state index contributed by atoms with van der Waals surface area (Å²) in [5.41, 5.74) is 1.51. The second-order valence-corrected chi connectivity index (χ2v) is 7.63. The fraction of sp³-hybridized carbons (Fsp3) is 0.786. The molecule has 1 aromatic heterocycles. The SMILES string of the molecule is CN(C)C(C)(C)CNCc1nc(C(C)(C)C)cs1. The summed E-state index contributed by atoms with van der Waals surface area (Å²) in [4.78, 5) is 6.93. The Morgan fingerprint density at radius 1 is 1.22 bits per heavy atom. The highest BCUT2D eigenvalue weighted by atomic mass is 32.1. The molecule has 0 radical (unpaired) electrons. The van der Waals surface area contributed by atoms with Crippen LogP contribution in [0, 0.1) is 0 Å². The lowest BCUT2D eigenvalue weighted by Gasteiger charge is -2.32. The number of hydrogen-bond donors (Lipinski definition) is 1. The first-order valence-corrected chi connectivity index (χ1v) is 7.34. The topological polar surface area (TPSA) is 28.2 Å². The van der Waals surface area contributed by atoms with Gasteiger partial charge in [0.1, 0.15) is 5.01 Å². The molecule has 0 aliphatic heterocycles. The molecular weight excluding hydrogens is 242 g/mol. The summed E-state index contributed by atoms with van der Waals surface area (Å²) in [6.45, 7) is 12.9. The molecule has 1 aromatic rings. The highest BCUT2D eigenvalue weighted by Crippen LogP contribution is 2.23. The van der Waals surface area contributed by atoms with Crippen LogP contribution in [0.3, 0.4) is 0 Å². The van der Waals surface area contributed by atoms with Gasteiger partial charge in [-0.15, -0.1) is 11.3 Å². The van der Waals surface area contributed by atoms with Gasteiger partial charge in [0, 0.05) is 29.4 Å².